The summed E-state index contributed by atoms with van der Waals surface area (Å²) in [5.74, 6) is 0.306. The second kappa shape index (κ2) is 9.65. The number of carbonyl (C=O) groups is 2. The number of hydrogen-bond acceptors (Lipinski definition) is 7. The Morgan fingerprint density at radius 3 is 2.77 bits per heavy atom. The summed E-state index contributed by atoms with van der Waals surface area (Å²) in [6.45, 7) is 5.86. The van der Waals surface area contributed by atoms with Gasteiger partial charge in [0.1, 0.15) is 16.7 Å². The number of thiophene rings is 1. The minimum atomic E-state index is -0.601. The number of aromatic nitrogens is 3. The van der Waals surface area contributed by atoms with Crippen LogP contribution in [0.25, 0.3) is 22.5 Å². The number of rotatable bonds is 7. The third-order valence-corrected chi connectivity index (χ3v) is 7.60. The fourth-order valence-corrected chi connectivity index (χ4v) is 5.94. The molecule has 5 rings (SSSR count). The van der Waals surface area contributed by atoms with Crippen molar-refractivity contribution >= 4 is 39.1 Å². The molecule has 0 aliphatic heterocycles. The number of aryl methyl sites for hydroxylation is 2. The number of fused-ring (bicyclic) bond motifs is 2. The maximum absolute atomic E-state index is 13.6. The first-order chi connectivity index (χ1) is 17.0. The Hall–Kier alpha value is -3.46. The van der Waals surface area contributed by atoms with Crippen LogP contribution in [0.4, 0.5) is 5.00 Å². The van der Waals surface area contributed by atoms with Crippen LogP contribution in [-0.4, -0.2) is 33.2 Å². The van der Waals surface area contributed by atoms with E-state index in [4.69, 9.17) is 9.15 Å². The number of amides is 1. The molecule has 0 spiro atoms. The summed E-state index contributed by atoms with van der Waals surface area (Å²) in [5, 5.41) is 12.9. The van der Waals surface area contributed by atoms with Crippen LogP contribution in [-0.2, 0) is 28.8 Å². The van der Waals surface area contributed by atoms with Crippen molar-refractivity contribution in [2.45, 2.75) is 58.9 Å². The number of carbonyl (C=O) groups excluding carboxylic acids is 2. The van der Waals surface area contributed by atoms with Crippen LogP contribution in [0.5, 0.6) is 0 Å². The third kappa shape index (κ3) is 4.25. The molecule has 182 valence electrons. The fraction of sp³-hybridized carbons (Fsp3) is 0.385. The Morgan fingerprint density at radius 1 is 1.20 bits per heavy atom. The van der Waals surface area contributed by atoms with Crippen LogP contribution in [0.2, 0.25) is 0 Å². The predicted molar refractivity (Wildman–Crippen MR) is 135 cm³/mol. The monoisotopic (exact) mass is 492 g/mol. The highest BCUT2D eigenvalue weighted by Crippen LogP contribution is 2.39. The van der Waals surface area contributed by atoms with Gasteiger partial charge in [0.05, 0.1) is 12.2 Å². The predicted octanol–water partition coefficient (Wildman–Crippen LogP) is 5.57. The molecule has 0 radical (unpaired) electrons. The van der Waals surface area contributed by atoms with Gasteiger partial charge in [-0.25, -0.2) is 4.79 Å². The highest BCUT2D eigenvalue weighted by atomic mass is 32.1. The molecule has 9 heteroatoms. The molecule has 0 fully saturated rings. The maximum atomic E-state index is 13.6. The van der Waals surface area contributed by atoms with E-state index in [-0.39, 0.29) is 18.5 Å². The lowest BCUT2D eigenvalue weighted by atomic mass is 9.95. The zero-order valence-electron chi connectivity index (χ0n) is 20.1. The number of nitrogens with zero attached hydrogens (tertiary/aromatic N) is 3. The van der Waals surface area contributed by atoms with Gasteiger partial charge in [0.2, 0.25) is 11.8 Å². The van der Waals surface area contributed by atoms with Gasteiger partial charge in [-0.15, -0.1) is 21.5 Å². The number of esters is 1. The zero-order valence-corrected chi connectivity index (χ0v) is 20.9. The number of benzene rings is 1. The molecule has 3 heterocycles. The molecule has 4 aromatic rings. The molecule has 1 atom stereocenters. The first kappa shape index (κ1) is 23.3. The van der Waals surface area contributed by atoms with Gasteiger partial charge in [0.15, 0.2) is 0 Å². The van der Waals surface area contributed by atoms with Crippen molar-refractivity contribution in [2.75, 3.05) is 11.9 Å². The zero-order chi connectivity index (χ0) is 24.5. The SMILES string of the molecule is CCOC(=O)c1c(NC(=O)[C@@H](C)n2c(-c3nnc(CC)o3)cc3ccccc32)sc2c1CCCC2. The average molecular weight is 493 g/mol. The lowest BCUT2D eigenvalue weighted by Gasteiger charge is -2.18. The molecular weight excluding hydrogens is 464 g/mol. The topological polar surface area (TPSA) is 99.2 Å². The third-order valence-electron chi connectivity index (χ3n) is 6.39. The lowest BCUT2D eigenvalue weighted by molar-refractivity contribution is -0.118. The van der Waals surface area contributed by atoms with E-state index in [1.165, 1.54) is 11.3 Å². The molecular formula is C26H28N4O4S. The molecule has 3 aromatic heterocycles. The second-order valence-electron chi connectivity index (χ2n) is 8.61. The molecule has 0 saturated heterocycles. The molecule has 1 N–H and O–H groups in total. The Labute approximate surface area is 207 Å². The van der Waals surface area contributed by atoms with E-state index in [0.717, 1.165) is 47.0 Å². The quantitative estimate of drug-likeness (QED) is 0.339. The Morgan fingerprint density at radius 2 is 2.00 bits per heavy atom. The van der Waals surface area contributed by atoms with E-state index >= 15 is 0 Å². The highest BCUT2D eigenvalue weighted by Gasteiger charge is 2.30. The van der Waals surface area contributed by atoms with Crippen molar-refractivity contribution < 1.29 is 18.7 Å². The van der Waals surface area contributed by atoms with Crippen molar-refractivity contribution in [1.29, 1.82) is 0 Å². The largest absolute Gasteiger partial charge is 0.462 e. The van der Waals surface area contributed by atoms with Gasteiger partial charge in [0, 0.05) is 22.2 Å². The van der Waals surface area contributed by atoms with Crippen LogP contribution >= 0.6 is 11.3 Å². The summed E-state index contributed by atoms with van der Waals surface area (Å²) in [7, 11) is 0. The minimum Gasteiger partial charge on any atom is -0.462 e. The normalized spacial score (nSPS) is 14.0. The van der Waals surface area contributed by atoms with Gasteiger partial charge < -0.3 is 19.0 Å². The number of para-hydroxylation sites is 1. The Bertz CT molecular complexity index is 1400. The fourth-order valence-electron chi connectivity index (χ4n) is 4.66. The maximum Gasteiger partial charge on any atom is 0.341 e. The second-order valence-corrected chi connectivity index (χ2v) is 9.72. The van der Waals surface area contributed by atoms with Crippen molar-refractivity contribution in [3.63, 3.8) is 0 Å². The summed E-state index contributed by atoms with van der Waals surface area (Å²) in [4.78, 5) is 27.6. The van der Waals surface area contributed by atoms with Gasteiger partial charge in [-0.05, 0) is 57.2 Å². The minimum absolute atomic E-state index is 0.230. The molecule has 0 bridgehead atoms. The first-order valence-electron chi connectivity index (χ1n) is 12.1. The summed E-state index contributed by atoms with van der Waals surface area (Å²) >= 11 is 1.49. The van der Waals surface area contributed by atoms with Crippen LogP contribution in [0.15, 0.2) is 34.7 Å². The first-order valence-corrected chi connectivity index (χ1v) is 12.9. The average Bonchev–Trinajstić information content (AvgIpc) is 3.58. The van der Waals surface area contributed by atoms with Gasteiger partial charge in [-0.3, -0.25) is 4.79 Å². The van der Waals surface area contributed by atoms with Gasteiger partial charge in [0.25, 0.3) is 5.89 Å². The number of hydrogen-bond donors (Lipinski definition) is 1. The van der Waals surface area contributed by atoms with Gasteiger partial charge in [-0.1, -0.05) is 25.1 Å². The van der Waals surface area contributed by atoms with E-state index in [1.807, 2.05) is 48.7 Å². The Kier molecular flexibility index (Phi) is 6.42. The van der Waals surface area contributed by atoms with Crippen molar-refractivity contribution in [1.82, 2.24) is 14.8 Å². The van der Waals surface area contributed by atoms with E-state index in [9.17, 15) is 9.59 Å². The molecule has 0 unspecified atom stereocenters. The van der Waals surface area contributed by atoms with Crippen molar-refractivity contribution in [3.05, 3.63) is 52.2 Å². The molecule has 1 aromatic carbocycles. The molecule has 1 aliphatic rings. The van der Waals surface area contributed by atoms with E-state index in [2.05, 4.69) is 15.5 Å². The smallest absolute Gasteiger partial charge is 0.341 e. The lowest BCUT2D eigenvalue weighted by Crippen LogP contribution is -2.25. The number of anilines is 1. The van der Waals surface area contributed by atoms with Crippen LogP contribution < -0.4 is 5.32 Å². The summed E-state index contributed by atoms with van der Waals surface area (Å²) in [6, 6.07) is 9.20. The van der Waals surface area contributed by atoms with Gasteiger partial charge in [-0.2, -0.15) is 0 Å². The van der Waals surface area contributed by atoms with Crippen LogP contribution in [0.3, 0.4) is 0 Å². The molecule has 8 nitrogen and oxygen atoms in total. The van der Waals surface area contributed by atoms with E-state index in [0.29, 0.717) is 34.5 Å². The van der Waals surface area contributed by atoms with E-state index in [1.54, 1.807) is 6.92 Å². The van der Waals surface area contributed by atoms with Crippen LogP contribution in [0, 0.1) is 0 Å². The molecule has 35 heavy (non-hydrogen) atoms. The van der Waals surface area contributed by atoms with Crippen molar-refractivity contribution in [2.24, 2.45) is 0 Å². The summed E-state index contributed by atoms with van der Waals surface area (Å²) < 4.78 is 13.1. The van der Waals surface area contributed by atoms with Crippen LogP contribution in [0.1, 0.15) is 66.3 Å². The number of ether oxygens (including phenoxy) is 1. The van der Waals surface area contributed by atoms with Gasteiger partial charge >= 0.3 is 5.97 Å². The summed E-state index contributed by atoms with van der Waals surface area (Å²) in [6.07, 6.45) is 4.49. The molecule has 1 aliphatic carbocycles. The van der Waals surface area contributed by atoms with E-state index < -0.39 is 6.04 Å². The van der Waals surface area contributed by atoms with Crippen molar-refractivity contribution in [3.8, 4) is 11.6 Å². The summed E-state index contributed by atoms with van der Waals surface area (Å²) in [5.41, 5.74) is 3.09. The Balaban J connectivity index is 1.53. The molecule has 0 saturated carbocycles. The highest BCUT2D eigenvalue weighted by molar-refractivity contribution is 7.17. The molecule has 1 amide bonds. The standard InChI is InChI=1S/C26H28N4O4S/c1-4-21-28-29-24(34-21)19-14-16-10-6-8-12-18(16)30(19)15(3)23(31)27-25-22(26(32)33-5-2)17-11-7-9-13-20(17)35-25/h6,8,10,12,14-15H,4-5,7,9,11,13H2,1-3H3,(H,27,31)/t15-/m1/s1. The number of nitrogens with one attached hydrogen (secondary N) is 1.